The molecule has 2 rings (SSSR count). The summed E-state index contributed by atoms with van der Waals surface area (Å²) in [6.45, 7) is 9.18. The molecule has 0 bridgehead atoms. The highest BCUT2D eigenvalue weighted by atomic mass is 19.1. The molecule has 0 amide bonds. The summed E-state index contributed by atoms with van der Waals surface area (Å²) >= 11 is 0. The Balaban J connectivity index is 2.19. The molecular formula is C17H27FN2O. The van der Waals surface area contributed by atoms with Gasteiger partial charge in [-0.1, -0.05) is 26.0 Å². The van der Waals surface area contributed by atoms with E-state index in [-0.39, 0.29) is 11.4 Å². The molecule has 118 valence electrons. The molecule has 4 heteroatoms. The van der Waals surface area contributed by atoms with E-state index in [1.165, 1.54) is 7.11 Å². The number of piperazine rings is 1. The Bertz CT molecular complexity index is 480. The molecule has 0 radical (unpaired) electrons. The minimum absolute atomic E-state index is 0.112. The molecule has 0 saturated carbocycles. The van der Waals surface area contributed by atoms with Crippen molar-refractivity contribution in [2.24, 2.45) is 0 Å². The Morgan fingerprint density at radius 1 is 1.43 bits per heavy atom. The predicted molar refractivity (Wildman–Crippen MR) is 84.1 cm³/mol. The quantitative estimate of drug-likeness (QED) is 0.902. The third-order valence-electron chi connectivity index (χ3n) is 4.72. The van der Waals surface area contributed by atoms with Gasteiger partial charge in [-0.3, -0.25) is 4.90 Å². The first-order chi connectivity index (χ1) is 10.0. The number of nitrogens with one attached hydrogen (secondary N) is 1. The average molecular weight is 294 g/mol. The van der Waals surface area contributed by atoms with Crippen LogP contribution >= 0.6 is 0 Å². The number of halogens is 1. The molecule has 21 heavy (non-hydrogen) atoms. The summed E-state index contributed by atoms with van der Waals surface area (Å²) in [7, 11) is 1.51. The zero-order chi connectivity index (χ0) is 15.5. The zero-order valence-electron chi connectivity index (χ0n) is 13.6. The zero-order valence-corrected chi connectivity index (χ0v) is 13.6. The maximum atomic E-state index is 14.4. The second-order valence-corrected chi connectivity index (χ2v) is 6.20. The van der Waals surface area contributed by atoms with Crippen LogP contribution in [0.1, 0.15) is 39.2 Å². The molecule has 2 atom stereocenters. The summed E-state index contributed by atoms with van der Waals surface area (Å²) in [5.41, 5.74) is 0.828. The number of rotatable bonds is 5. The number of hydrogen-bond acceptors (Lipinski definition) is 3. The van der Waals surface area contributed by atoms with E-state index in [1.54, 1.807) is 6.07 Å². The molecule has 1 aromatic carbocycles. The van der Waals surface area contributed by atoms with E-state index in [0.29, 0.717) is 23.9 Å². The highest BCUT2D eigenvalue weighted by molar-refractivity contribution is 5.31. The molecule has 1 aliphatic heterocycles. The molecule has 1 saturated heterocycles. The van der Waals surface area contributed by atoms with Crippen LogP contribution in [0.2, 0.25) is 0 Å². The molecule has 0 aromatic heterocycles. The van der Waals surface area contributed by atoms with E-state index in [4.69, 9.17) is 4.74 Å². The van der Waals surface area contributed by atoms with Crippen LogP contribution in [0, 0.1) is 5.82 Å². The third-order valence-corrected chi connectivity index (χ3v) is 4.72. The largest absolute Gasteiger partial charge is 0.494 e. The van der Waals surface area contributed by atoms with Crippen molar-refractivity contribution in [2.45, 2.75) is 51.7 Å². The first-order valence-corrected chi connectivity index (χ1v) is 7.83. The lowest BCUT2D eigenvalue weighted by atomic mass is 9.92. The summed E-state index contributed by atoms with van der Waals surface area (Å²) in [5, 5.41) is 3.64. The molecule has 0 aliphatic carbocycles. The highest BCUT2D eigenvalue weighted by Crippen LogP contribution is 2.26. The monoisotopic (exact) mass is 294 g/mol. The van der Waals surface area contributed by atoms with Gasteiger partial charge in [0.25, 0.3) is 0 Å². The second kappa shape index (κ2) is 6.75. The highest BCUT2D eigenvalue weighted by Gasteiger charge is 2.34. The van der Waals surface area contributed by atoms with Gasteiger partial charge in [-0.15, -0.1) is 0 Å². The SMILES string of the molecule is CCC1CNC(C)(CC)CN1Cc1cccc(OC)c1F. The number of ether oxygens (including phenoxy) is 1. The molecule has 1 aromatic rings. The Morgan fingerprint density at radius 3 is 2.81 bits per heavy atom. The topological polar surface area (TPSA) is 24.5 Å². The van der Waals surface area contributed by atoms with Gasteiger partial charge in [0.05, 0.1) is 7.11 Å². The first-order valence-electron chi connectivity index (χ1n) is 7.83. The molecule has 3 nitrogen and oxygen atoms in total. The van der Waals surface area contributed by atoms with Crippen LogP contribution < -0.4 is 10.1 Å². The number of benzene rings is 1. The van der Waals surface area contributed by atoms with Crippen LogP contribution in [-0.4, -0.2) is 36.7 Å². The molecule has 0 spiro atoms. The number of hydrogen-bond donors (Lipinski definition) is 1. The van der Waals surface area contributed by atoms with Crippen molar-refractivity contribution in [1.29, 1.82) is 0 Å². The summed E-state index contributed by atoms with van der Waals surface area (Å²) in [6.07, 6.45) is 2.14. The van der Waals surface area contributed by atoms with Crippen LogP contribution in [0.4, 0.5) is 4.39 Å². The normalized spacial score (nSPS) is 26.8. The maximum absolute atomic E-state index is 14.4. The van der Waals surface area contributed by atoms with E-state index < -0.39 is 0 Å². The molecule has 1 fully saturated rings. The lowest BCUT2D eigenvalue weighted by molar-refractivity contribution is 0.0744. The van der Waals surface area contributed by atoms with Gasteiger partial charge >= 0.3 is 0 Å². The fourth-order valence-corrected chi connectivity index (χ4v) is 3.01. The minimum Gasteiger partial charge on any atom is -0.494 e. The van der Waals surface area contributed by atoms with Crippen molar-refractivity contribution < 1.29 is 9.13 Å². The fraction of sp³-hybridized carbons (Fsp3) is 0.647. The summed E-state index contributed by atoms with van der Waals surface area (Å²) in [5.74, 6) is 0.0977. The Morgan fingerprint density at radius 2 is 2.19 bits per heavy atom. The van der Waals surface area contributed by atoms with Gasteiger partial charge < -0.3 is 10.1 Å². The molecule has 2 unspecified atom stereocenters. The van der Waals surface area contributed by atoms with E-state index in [1.807, 2.05) is 12.1 Å². The Kier molecular flexibility index (Phi) is 5.22. The average Bonchev–Trinajstić information content (AvgIpc) is 2.50. The first kappa shape index (κ1) is 16.2. The van der Waals surface area contributed by atoms with Crippen LogP contribution in [0.5, 0.6) is 5.75 Å². The summed E-state index contributed by atoms with van der Waals surface area (Å²) < 4.78 is 19.5. The molecule has 1 N–H and O–H groups in total. The molecule has 1 heterocycles. The van der Waals surface area contributed by atoms with Crippen molar-refractivity contribution >= 4 is 0 Å². The lowest BCUT2D eigenvalue weighted by Crippen LogP contribution is -2.62. The van der Waals surface area contributed by atoms with Crippen LogP contribution in [0.25, 0.3) is 0 Å². The van der Waals surface area contributed by atoms with Crippen molar-refractivity contribution in [3.63, 3.8) is 0 Å². The second-order valence-electron chi connectivity index (χ2n) is 6.20. The smallest absolute Gasteiger partial charge is 0.169 e. The van der Waals surface area contributed by atoms with Gasteiger partial charge in [-0.25, -0.2) is 4.39 Å². The van der Waals surface area contributed by atoms with Crippen molar-refractivity contribution in [3.05, 3.63) is 29.6 Å². The van der Waals surface area contributed by atoms with E-state index in [2.05, 4.69) is 31.0 Å². The standard InChI is InChI=1S/C17H27FN2O/c1-5-14-10-19-17(3,6-2)12-20(14)11-13-8-7-9-15(21-4)16(13)18/h7-9,14,19H,5-6,10-12H2,1-4H3. The van der Waals surface area contributed by atoms with Gasteiger partial charge in [0, 0.05) is 36.8 Å². The van der Waals surface area contributed by atoms with Gasteiger partial charge in [0.2, 0.25) is 0 Å². The van der Waals surface area contributed by atoms with Crippen LogP contribution in [0.15, 0.2) is 18.2 Å². The van der Waals surface area contributed by atoms with Gasteiger partial charge in [-0.05, 0) is 25.8 Å². The van der Waals surface area contributed by atoms with E-state index >= 15 is 0 Å². The van der Waals surface area contributed by atoms with Gasteiger partial charge in [0.15, 0.2) is 11.6 Å². The summed E-state index contributed by atoms with van der Waals surface area (Å²) in [6, 6.07) is 5.84. The molecule has 1 aliphatic rings. The minimum atomic E-state index is -0.230. The summed E-state index contributed by atoms with van der Waals surface area (Å²) in [4.78, 5) is 2.40. The number of methoxy groups -OCH3 is 1. The fourth-order valence-electron chi connectivity index (χ4n) is 3.01. The third kappa shape index (κ3) is 3.55. The Labute approximate surface area is 127 Å². The molecular weight excluding hydrogens is 267 g/mol. The Hall–Kier alpha value is -1.13. The number of nitrogens with zero attached hydrogens (tertiary/aromatic N) is 1. The van der Waals surface area contributed by atoms with Crippen molar-refractivity contribution in [2.75, 3.05) is 20.2 Å². The van der Waals surface area contributed by atoms with Crippen LogP contribution in [-0.2, 0) is 6.54 Å². The van der Waals surface area contributed by atoms with Crippen molar-refractivity contribution in [1.82, 2.24) is 10.2 Å². The maximum Gasteiger partial charge on any atom is 0.169 e. The van der Waals surface area contributed by atoms with Gasteiger partial charge in [0.1, 0.15) is 0 Å². The van der Waals surface area contributed by atoms with Crippen LogP contribution in [0.3, 0.4) is 0 Å². The lowest BCUT2D eigenvalue weighted by Gasteiger charge is -2.46. The van der Waals surface area contributed by atoms with Crippen molar-refractivity contribution in [3.8, 4) is 5.75 Å². The van der Waals surface area contributed by atoms with E-state index in [0.717, 1.165) is 25.9 Å². The van der Waals surface area contributed by atoms with E-state index in [9.17, 15) is 4.39 Å². The predicted octanol–water partition coefficient (Wildman–Crippen LogP) is 3.19. The van der Waals surface area contributed by atoms with Gasteiger partial charge in [-0.2, -0.15) is 0 Å².